The molecule has 0 unspecified atom stereocenters. The third-order valence-corrected chi connectivity index (χ3v) is 5.67. The quantitative estimate of drug-likeness (QED) is 0.409. The van der Waals surface area contributed by atoms with Crippen LogP contribution < -0.4 is 21.9 Å². The Balaban J connectivity index is 2.65. The van der Waals surface area contributed by atoms with Gasteiger partial charge in [0.2, 0.25) is 0 Å². The van der Waals surface area contributed by atoms with Gasteiger partial charge in [0.05, 0.1) is 5.60 Å². The van der Waals surface area contributed by atoms with Crippen molar-refractivity contribution < 1.29 is 14.9 Å². The summed E-state index contributed by atoms with van der Waals surface area (Å²) < 4.78 is 6.31. The van der Waals surface area contributed by atoms with Crippen LogP contribution in [-0.2, 0) is 4.65 Å². The lowest BCUT2D eigenvalue weighted by molar-refractivity contribution is 0.0510. The van der Waals surface area contributed by atoms with Crippen LogP contribution in [0, 0.1) is 0 Å². The first-order valence-electron chi connectivity index (χ1n) is 7.35. The highest BCUT2D eigenvalue weighted by atomic mass is 16.5. The maximum Gasteiger partial charge on any atom is 0.418 e. The molecule has 0 bridgehead atoms. The average Bonchev–Trinajstić information content (AvgIpc) is 2.55. The molecule has 2 rings (SSSR count). The molecule has 2 N–H and O–H groups in total. The minimum atomic E-state index is -0.313. The summed E-state index contributed by atoms with van der Waals surface area (Å²) >= 11 is 0. The zero-order valence-corrected chi connectivity index (χ0v) is 14.3. The molecule has 0 spiro atoms. The molecule has 1 aromatic carbocycles. The Morgan fingerprint density at radius 2 is 1.43 bits per heavy atom. The first-order valence-corrected chi connectivity index (χ1v) is 7.35. The molecule has 0 aromatic heterocycles. The lowest BCUT2D eigenvalue weighted by Crippen LogP contribution is -2.61. The van der Waals surface area contributed by atoms with Crippen LogP contribution in [0.4, 0.5) is 0 Å². The Morgan fingerprint density at radius 3 is 1.86 bits per heavy atom. The number of benzene rings is 1. The van der Waals surface area contributed by atoms with Gasteiger partial charge in [-0.05, 0) is 45.7 Å². The van der Waals surface area contributed by atoms with Crippen LogP contribution in [-0.4, -0.2) is 63.8 Å². The van der Waals surface area contributed by atoms with E-state index in [1.165, 1.54) is 0 Å². The molecule has 21 heavy (non-hydrogen) atoms. The molecule has 110 valence electrons. The van der Waals surface area contributed by atoms with E-state index in [-0.39, 0.29) is 29.7 Å². The number of rotatable bonds is 1. The molecule has 0 atom stereocenters. The minimum Gasteiger partial charge on any atom is -0.505 e. The largest absolute Gasteiger partial charge is 0.505 e. The maximum absolute atomic E-state index is 10.2. The zero-order valence-electron chi connectivity index (χ0n) is 14.3. The number of phenolic OH excluding ortho intramolecular Hbond substituents is 2. The molecule has 0 amide bonds. The number of phenols is 2. The summed E-state index contributed by atoms with van der Waals surface area (Å²) in [5.74, 6) is -0.0828. The average molecular weight is 285 g/mol. The van der Waals surface area contributed by atoms with E-state index in [0.717, 1.165) is 10.9 Å². The van der Waals surface area contributed by atoms with Crippen molar-refractivity contribution in [3.05, 3.63) is 0 Å². The van der Waals surface area contributed by atoms with Crippen molar-refractivity contribution in [1.82, 2.24) is 4.81 Å². The lowest BCUT2D eigenvalue weighted by Gasteiger charge is -2.38. The molecule has 0 radical (unpaired) electrons. The van der Waals surface area contributed by atoms with Gasteiger partial charge in [0, 0.05) is 5.54 Å². The van der Waals surface area contributed by atoms with Gasteiger partial charge >= 0.3 is 7.05 Å². The summed E-state index contributed by atoms with van der Waals surface area (Å²) in [7, 11) is 7.41. The molecular weight excluding hydrogens is 261 g/mol. The van der Waals surface area contributed by atoms with Crippen LogP contribution in [0.2, 0.25) is 0 Å². The number of aromatic hydroxyl groups is 2. The smallest absolute Gasteiger partial charge is 0.418 e. The predicted octanol–water partition coefficient (Wildman–Crippen LogP) is -3.91. The summed E-state index contributed by atoms with van der Waals surface area (Å²) in [6, 6.07) is 0. The standard InChI is InChI=1S/C13H23B4NO3/c1-12(2)13(3,4)21-17(18(12)5)9-6(14)7(15)10(19)11(20)8(9)16/h19-20H,14-16H2,1-5H3. The number of nitrogens with zero attached hydrogens (tertiary/aromatic N) is 1. The van der Waals surface area contributed by atoms with E-state index in [0.29, 0.717) is 10.9 Å². The highest BCUT2D eigenvalue weighted by molar-refractivity contribution is 6.77. The Hall–Kier alpha value is -1.00. The van der Waals surface area contributed by atoms with E-state index in [1.54, 1.807) is 0 Å². The van der Waals surface area contributed by atoms with Gasteiger partial charge in [-0.1, -0.05) is 10.9 Å². The summed E-state index contributed by atoms with van der Waals surface area (Å²) in [6.07, 6.45) is 0. The van der Waals surface area contributed by atoms with Crippen LogP contribution in [0.5, 0.6) is 11.5 Å². The van der Waals surface area contributed by atoms with Crippen molar-refractivity contribution in [3.63, 3.8) is 0 Å². The van der Waals surface area contributed by atoms with Crippen molar-refractivity contribution in [2.75, 3.05) is 7.05 Å². The van der Waals surface area contributed by atoms with E-state index >= 15 is 0 Å². The van der Waals surface area contributed by atoms with Gasteiger partial charge in [-0.2, -0.15) is 0 Å². The Morgan fingerprint density at radius 1 is 0.952 bits per heavy atom. The van der Waals surface area contributed by atoms with Crippen molar-refractivity contribution in [3.8, 4) is 11.5 Å². The van der Waals surface area contributed by atoms with Gasteiger partial charge in [-0.3, -0.25) is 0 Å². The monoisotopic (exact) mass is 285 g/mol. The van der Waals surface area contributed by atoms with E-state index < -0.39 is 0 Å². The van der Waals surface area contributed by atoms with Gasteiger partial charge in [-0.25, -0.2) is 0 Å². The van der Waals surface area contributed by atoms with E-state index in [4.69, 9.17) is 4.65 Å². The molecule has 1 aliphatic rings. The van der Waals surface area contributed by atoms with Crippen molar-refractivity contribution in [2.24, 2.45) is 0 Å². The summed E-state index contributed by atoms with van der Waals surface area (Å²) in [4.78, 5) is 2.19. The van der Waals surface area contributed by atoms with Gasteiger partial charge < -0.3 is 19.7 Å². The molecule has 1 heterocycles. The third kappa shape index (κ3) is 2.11. The van der Waals surface area contributed by atoms with Crippen LogP contribution in [0.25, 0.3) is 0 Å². The second-order valence-electron chi connectivity index (χ2n) is 7.14. The van der Waals surface area contributed by atoms with Crippen LogP contribution in [0.15, 0.2) is 0 Å². The third-order valence-electron chi connectivity index (χ3n) is 5.67. The van der Waals surface area contributed by atoms with Gasteiger partial charge in [0.25, 0.3) is 0 Å². The summed E-state index contributed by atoms with van der Waals surface area (Å²) in [6.45, 7) is 8.48. The Labute approximate surface area is 130 Å². The fourth-order valence-corrected chi connectivity index (χ4v) is 2.99. The van der Waals surface area contributed by atoms with Crippen molar-refractivity contribution >= 4 is 52.4 Å². The molecule has 0 aliphatic carbocycles. The second-order valence-corrected chi connectivity index (χ2v) is 7.14. The van der Waals surface area contributed by atoms with Crippen LogP contribution in [0.1, 0.15) is 27.7 Å². The molecule has 4 nitrogen and oxygen atoms in total. The van der Waals surface area contributed by atoms with E-state index in [2.05, 4.69) is 32.5 Å². The van der Waals surface area contributed by atoms with Crippen LogP contribution in [0.3, 0.4) is 0 Å². The van der Waals surface area contributed by atoms with Crippen molar-refractivity contribution in [1.29, 1.82) is 0 Å². The molecule has 1 aromatic rings. The number of hydrogen-bond acceptors (Lipinski definition) is 4. The SMILES string of the molecule is Bc1c(B)c(B2OC(C)(C)C(C)(C)N2C)c(B)c(O)c1O. The summed E-state index contributed by atoms with van der Waals surface area (Å²) in [5, 5.41) is 20.2. The zero-order chi connectivity index (χ0) is 16.3. The van der Waals surface area contributed by atoms with E-state index in [1.807, 2.05) is 30.6 Å². The molecular formula is C13H23B4NO3. The lowest BCUT2D eigenvalue weighted by atomic mass is 9.57. The Kier molecular flexibility index (Phi) is 3.70. The fraction of sp³-hybridized carbons (Fsp3) is 0.538. The Bertz CT molecular complexity index is 575. The predicted molar refractivity (Wildman–Crippen MR) is 96.7 cm³/mol. The molecule has 0 saturated carbocycles. The van der Waals surface area contributed by atoms with Crippen molar-refractivity contribution in [2.45, 2.75) is 38.8 Å². The van der Waals surface area contributed by atoms with Crippen LogP contribution >= 0.6 is 0 Å². The number of likely N-dealkylation sites (N-methyl/N-ethyl adjacent to an activating group) is 1. The molecule has 1 saturated heterocycles. The first kappa shape index (κ1) is 16.4. The summed E-state index contributed by atoms with van der Waals surface area (Å²) in [5.41, 5.74) is 2.84. The molecule has 1 fully saturated rings. The highest BCUT2D eigenvalue weighted by Crippen LogP contribution is 2.37. The van der Waals surface area contributed by atoms with Gasteiger partial charge in [-0.15, -0.1) is 0 Å². The maximum atomic E-state index is 10.2. The first-order chi connectivity index (χ1) is 9.43. The normalized spacial score (nSPS) is 20.9. The molecule has 8 heteroatoms. The van der Waals surface area contributed by atoms with Gasteiger partial charge in [0.1, 0.15) is 35.0 Å². The van der Waals surface area contributed by atoms with E-state index in [9.17, 15) is 10.2 Å². The van der Waals surface area contributed by atoms with Gasteiger partial charge in [0.15, 0.2) is 0 Å². The minimum absolute atomic E-state index is 0.0343. The second kappa shape index (κ2) is 4.75. The highest BCUT2D eigenvalue weighted by Gasteiger charge is 2.55. The fourth-order valence-electron chi connectivity index (χ4n) is 2.99. The molecule has 1 aliphatic heterocycles. The number of hydrogen-bond donors (Lipinski definition) is 2. The topological polar surface area (TPSA) is 52.9 Å².